The Morgan fingerprint density at radius 2 is 1.77 bits per heavy atom. The average Bonchev–Trinajstić information content (AvgIpc) is 3.46. The molecule has 0 radical (unpaired) electrons. The van der Waals surface area contributed by atoms with Crippen molar-refractivity contribution < 1.29 is 14.3 Å². The highest BCUT2D eigenvalue weighted by Gasteiger charge is 2.34. The molecule has 31 heavy (non-hydrogen) atoms. The minimum absolute atomic E-state index is 0.0675. The summed E-state index contributed by atoms with van der Waals surface area (Å²) in [4.78, 5) is 33.0. The molecule has 1 aromatic heterocycles. The maximum atomic E-state index is 12.6. The van der Waals surface area contributed by atoms with Crippen LogP contribution >= 0.6 is 0 Å². The monoisotopic (exact) mass is 420 g/mol. The molecule has 7 nitrogen and oxygen atoms in total. The minimum atomic E-state index is -0.240. The Morgan fingerprint density at radius 1 is 0.968 bits per heavy atom. The summed E-state index contributed by atoms with van der Waals surface area (Å²) in [5.41, 5.74) is 3.18. The summed E-state index contributed by atoms with van der Waals surface area (Å²) in [6, 6.07) is 12.0. The van der Waals surface area contributed by atoms with Gasteiger partial charge in [0.2, 0.25) is 0 Å². The SMILES string of the molecule is O=C(Nc1ccc(C2CCN(C(=O)[C@H]3CCCO3)C2)cc1)N1CC(c2cccnc2)C1. The number of nitrogens with one attached hydrogen (secondary N) is 1. The maximum Gasteiger partial charge on any atom is 0.321 e. The predicted molar refractivity (Wildman–Crippen MR) is 117 cm³/mol. The van der Waals surface area contributed by atoms with E-state index >= 15 is 0 Å². The molecule has 2 atom stereocenters. The van der Waals surface area contributed by atoms with E-state index in [2.05, 4.69) is 28.5 Å². The fraction of sp³-hybridized carbons (Fsp3) is 0.458. The lowest BCUT2D eigenvalue weighted by atomic mass is 9.93. The van der Waals surface area contributed by atoms with Gasteiger partial charge in [-0.15, -0.1) is 0 Å². The molecule has 0 aliphatic carbocycles. The fourth-order valence-corrected chi connectivity index (χ4v) is 4.72. The number of rotatable bonds is 4. The second-order valence-corrected chi connectivity index (χ2v) is 8.71. The van der Waals surface area contributed by atoms with Crippen molar-refractivity contribution in [3.05, 3.63) is 59.9 Å². The van der Waals surface area contributed by atoms with Crippen molar-refractivity contribution in [1.29, 1.82) is 0 Å². The zero-order chi connectivity index (χ0) is 21.2. The first kappa shape index (κ1) is 20.0. The molecule has 5 rings (SSSR count). The van der Waals surface area contributed by atoms with Crippen molar-refractivity contribution in [2.24, 2.45) is 0 Å². The Balaban J connectivity index is 1.11. The van der Waals surface area contributed by atoms with Crippen LogP contribution in [-0.4, -0.2) is 65.6 Å². The van der Waals surface area contributed by atoms with Crippen LogP contribution in [0.2, 0.25) is 0 Å². The molecule has 1 unspecified atom stereocenters. The molecule has 0 saturated carbocycles. The van der Waals surface area contributed by atoms with Gasteiger partial charge in [0.15, 0.2) is 0 Å². The van der Waals surface area contributed by atoms with E-state index in [1.165, 1.54) is 11.1 Å². The minimum Gasteiger partial charge on any atom is -0.368 e. The number of carbonyl (C=O) groups excluding carboxylic acids is 2. The number of benzene rings is 1. The molecule has 4 heterocycles. The van der Waals surface area contributed by atoms with Gasteiger partial charge in [-0.2, -0.15) is 0 Å². The van der Waals surface area contributed by atoms with Gasteiger partial charge in [0, 0.05) is 62.7 Å². The summed E-state index contributed by atoms with van der Waals surface area (Å²) in [5, 5.41) is 2.99. The summed E-state index contributed by atoms with van der Waals surface area (Å²) < 4.78 is 5.55. The van der Waals surface area contributed by atoms with Crippen LogP contribution in [0.4, 0.5) is 10.5 Å². The van der Waals surface area contributed by atoms with E-state index in [4.69, 9.17) is 4.74 Å². The summed E-state index contributed by atoms with van der Waals surface area (Å²) >= 11 is 0. The highest BCUT2D eigenvalue weighted by atomic mass is 16.5. The number of anilines is 1. The van der Waals surface area contributed by atoms with Crippen LogP contribution in [0.1, 0.15) is 42.2 Å². The second-order valence-electron chi connectivity index (χ2n) is 8.71. The topological polar surface area (TPSA) is 74.8 Å². The highest BCUT2D eigenvalue weighted by Crippen LogP contribution is 2.30. The molecule has 3 aliphatic rings. The number of amides is 3. The second kappa shape index (κ2) is 8.67. The molecule has 0 spiro atoms. The Hall–Kier alpha value is -2.93. The predicted octanol–water partition coefficient (Wildman–Crippen LogP) is 3.21. The van der Waals surface area contributed by atoms with Gasteiger partial charge >= 0.3 is 6.03 Å². The van der Waals surface area contributed by atoms with Gasteiger partial charge in [0.05, 0.1) is 0 Å². The van der Waals surface area contributed by atoms with Crippen molar-refractivity contribution in [2.45, 2.75) is 37.2 Å². The molecule has 3 fully saturated rings. The number of hydrogen-bond donors (Lipinski definition) is 1. The molecule has 162 valence electrons. The lowest BCUT2D eigenvalue weighted by Crippen LogP contribution is -2.50. The standard InChI is InChI=1S/C24H28N4O3/c29-23(22-4-2-12-31-22)27-11-9-19(14-27)17-5-7-21(8-6-17)26-24(30)28-15-20(16-28)18-3-1-10-25-13-18/h1,3,5-8,10,13,19-20,22H,2,4,9,11-12,14-16H2,(H,26,30)/t19?,22-/m1/s1. The zero-order valence-corrected chi connectivity index (χ0v) is 17.6. The van der Waals surface area contributed by atoms with Gasteiger partial charge in [0.25, 0.3) is 5.91 Å². The quantitative estimate of drug-likeness (QED) is 0.824. The van der Waals surface area contributed by atoms with Crippen LogP contribution in [0.5, 0.6) is 0 Å². The molecule has 0 bridgehead atoms. The summed E-state index contributed by atoms with van der Waals surface area (Å²) in [7, 11) is 0. The van der Waals surface area contributed by atoms with E-state index in [0.29, 0.717) is 31.5 Å². The molecule has 7 heteroatoms. The number of carbonyl (C=O) groups is 2. The van der Waals surface area contributed by atoms with E-state index in [9.17, 15) is 9.59 Å². The number of aromatic nitrogens is 1. The molecule has 3 amide bonds. The molecular weight excluding hydrogens is 392 g/mol. The molecule has 1 N–H and O–H groups in total. The number of ether oxygens (including phenoxy) is 1. The van der Waals surface area contributed by atoms with Crippen molar-refractivity contribution in [1.82, 2.24) is 14.8 Å². The summed E-state index contributed by atoms with van der Waals surface area (Å²) in [6.45, 7) is 3.66. The van der Waals surface area contributed by atoms with Crippen LogP contribution in [0.25, 0.3) is 0 Å². The number of pyridine rings is 1. The lowest BCUT2D eigenvalue weighted by molar-refractivity contribution is -0.139. The first-order valence-electron chi connectivity index (χ1n) is 11.1. The molecule has 3 saturated heterocycles. The van der Waals surface area contributed by atoms with Gasteiger partial charge in [-0.05, 0) is 48.6 Å². The van der Waals surface area contributed by atoms with E-state index in [0.717, 1.165) is 38.0 Å². The van der Waals surface area contributed by atoms with Gasteiger partial charge in [-0.25, -0.2) is 4.79 Å². The van der Waals surface area contributed by atoms with E-state index in [1.807, 2.05) is 34.2 Å². The van der Waals surface area contributed by atoms with Crippen molar-refractivity contribution in [3.8, 4) is 0 Å². The Labute approximate surface area is 182 Å². The average molecular weight is 421 g/mol. The third-order valence-corrected chi connectivity index (χ3v) is 6.66. The number of likely N-dealkylation sites (tertiary alicyclic amines) is 2. The van der Waals surface area contributed by atoms with Crippen molar-refractivity contribution in [3.63, 3.8) is 0 Å². The number of hydrogen-bond acceptors (Lipinski definition) is 4. The number of nitrogens with zero attached hydrogens (tertiary/aromatic N) is 3. The molecule has 2 aromatic rings. The van der Waals surface area contributed by atoms with E-state index < -0.39 is 0 Å². The van der Waals surface area contributed by atoms with Crippen LogP contribution in [0.15, 0.2) is 48.8 Å². The van der Waals surface area contributed by atoms with Gasteiger partial charge < -0.3 is 19.9 Å². The highest BCUT2D eigenvalue weighted by molar-refractivity contribution is 5.90. The summed E-state index contributed by atoms with van der Waals surface area (Å²) in [5.74, 6) is 0.846. The number of urea groups is 1. The van der Waals surface area contributed by atoms with Gasteiger partial charge in [-0.1, -0.05) is 18.2 Å². The van der Waals surface area contributed by atoms with Crippen LogP contribution in [-0.2, 0) is 9.53 Å². The summed E-state index contributed by atoms with van der Waals surface area (Å²) in [6.07, 6.45) is 6.18. The molecule has 3 aliphatic heterocycles. The first-order chi connectivity index (χ1) is 15.2. The Bertz CT molecular complexity index is 922. The Kier molecular flexibility index (Phi) is 5.59. The normalized spacial score (nSPS) is 23.6. The smallest absolute Gasteiger partial charge is 0.321 e. The van der Waals surface area contributed by atoms with Crippen molar-refractivity contribution >= 4 is 17.6 Å². The Morgan fingerprint density at radius 3 is 2.48 bits per heavy atom. The lowest BCUT2D eigenvalue weighted by Gasteiger charge is -2.39. The largest absolute Gasteiger partial charge is 0.368 e. The van der Waals surface area contributed by atoms with Crippen LogP contribution < -0.4 is 5.32 Å². The fourth-order valence-electron chi connectivity index (χ4n) is 4.72. The van der Waals surface area contributed by atoms with Crippen LogP contribution in [0.3, 0.4) is 0 Å². The van der Waals surface area contributed by atoms with Gasteiger partial charge in [-0.3, -0.25) is 9.78 Å². The maximum absolute atomic E-state index is 12.6. The third kappa shape index (κ3) is 4.28. The van der Waals surface area contributed by atoms with Crippen LogP contribution in [0, 0.1) is 0 Å². The van der Waals surface area contributed by atoms with E-state index in [1.54, 1.807) is 6.20 Å². The molecular formula is C24H28N4O3. The van der Waals surface area contributed by atoms with Gasteiger partial charge in [0.1, 0.15) is 6.10 Å². The van der Waals surface area contributed by atoms with Crippen molar-refractivity contribution in [2.75, 3.05) is 38.1 Å². The molecule has 1 aromatic carbocycles. The third-order valence-electron chi connectivity index (χ3n) is 6.66. The first-order valence-corrected chi connectivity index (χ1v) is 11.1. The van der Waals surface area contributed by atoms with E-state index in [-0.39, 0.29) is 18.0 Å². The zero-order valence-electron chi connectivity index (χ0n) is 17.6.